The van der Waals surface area contributed by atoms with Gasteiger partial charge in [-0.05, 0) is 24.1 Å². The number of methoxy groups -OCH3 is 1. The standard InChI is InChI=1S/C10H11F3O2/c1-15-9-6-7(4-5-14)2-3-8(9)10(11,12)13/h2-3,6,14H,4-5H2,1H3. The van der Waals surface area contributed by atoms with Gasteiger partial charge in [0.15, 0.2) is 0 Å². The first-order chi connectivity index (χ1) is 6.99. The first kappa shape index (κ1) is 11.8. The Bertz CT molecular complexity index is 334. The van der Waals surface area contributed by atoms with Gasteiger partial charge in [-0.1, -0.05) is 6.07 Å². The molecule has 0 saturated heterocycles. The Morgan fingerprint density at radius 2 is 2.00 bits per heavy atom. The highest BCUT2D eigenvalue weighted by molar-refractivity contribution is 5.39. The molecule has 1 aromatic rings. The quantitative estimate of drug-likeness (QED) is 0.846. The monoisotopic (exact) mass is 220 g/mol. The summed E-state index contributed by atoms with van der Waals surface area (Å²) >= 11 is 0. The van der Waals surface area contributed by atoms with Gasteiger partial charge in [0.25, 0.3) is 0 Å². The molecular weight excluding hydrogens is 209 g/mol. The Morgan fingerprint density at radius 1 is 1.33 bits per heavy atom. The minimum atomic E-state index is -4.41. The number of halogens is 3. The van der Waals surface area contributed by atoms with E-state index in [1.165, 1.54) is 19.2 Å². The lowest BCUT2D eigenvalue weighted by Gasteiger charge is -2.12. The van der Waals surface area contributed by atoms with Gasteiger partial charge < -0.3 is 9.84 Å². The Labute approximate surface area is 85.3 Å². The van der Waals surface area contributed by atoms with Crippen molar-refractivity contribution >= 4 is 0 Å². The normalized spacial score (nSPS) is 11.5. The van der Waals surface area contributed by atoms with Crippen LogP contribution in [0.4, 0.5) is 13.2 Å². The lowest BCUT2D eigenvalue weighted by Crippen LogP contribution is -2.08. The number of aliphatic hydroxyl groups is 1. The van der Waals surface area contributed by atoms with Crippen LogP contribution in [-0.4, -0.2) is 18.8 Å². The molecule has 5 heteroatoms. The maximum atomic E-state index is 12.4. The van der Waals surface area contributed by atoms with Crippen LogP contribution in [0, 0.1) is 0 Å². The van der Waals surface area contributed by atoms with E-state index in [2.05, 4.69) is 4.74 Å². The minimum Gasteiger partial charge on any atom is -0.496 e. The smallest absolute Gasteiger partial charge is 0.419 e. The third kappa shape index (κ3) is 2.86. The predicted octanol–water partition coefficient (Wildman–Crippen LogP) is 2.25. The van der Waals surface area contributed by atoms with Crippen LogP contribution in [0.25, 0.3) is 0 Å². The highest BCUT2D eigenvalue weighted by Gasteiger charge is 2.34. The van der Waals surface area contributed by atoms with Crippen LogP contribution in [0.2, 0.25) is 0 Å². The largest absolute Gasteiger partial charge is 0.496 e. The molecule has 0 fully saturated rings. The van der Waals surface area contributed by atoms with Crippen molar-refractivity contribution in [2.45, 2.75) is 12.6 Å². The van der Waals surface area contributed by atoms with E-state index >= 15 is 0 Å². The predicted molar refractivity (Wildman–Crippen MR) is 48.8 cm³/mol. The lowest BCUT2D eigenvalue weighted by atomic mass is 10.1. The van der Waals surface area contributed by atoms with Gasteiger partial charge in [-0.2, -0.15) is 13.2 Å². The van der Waals surface area contributed by atoms with Crippen LogP contribution in [0.3, 0.4) is 0 Å². The van der Waals surface area contributed by atoms with Gasteiger partial charge in [0, 0.05) is 6.61 Å². The van der Waals surface area contributed by atoms with Gasteiger partial charge in [-0.25, -0.2) is 0 Å². The van der Waals surface area contributed by atoms with Crippen molar-refractivity contribution in [3.63, 3.8) is 0 Å². The van der Waals surface area contributed by atoms with E-state index in [-0.39, 0.29) is 12.4 Å². The van der Waals surface area contributed by atoms with Crippen molar-refractivity contribution < 1.29 is 23.0 Å². The summed E-state index contributed by atoms with van der Waals surface area (Å²) < 4.78 is 41.9. The molecule has 0 amide bonds. The molecular formula is C10H11F3O2. The van der Waals surface area contributed by atoms with Crippen LogP contribution in [0.5, 0.6) is 5.75 Å². The fourth-order valence-electron chi connectivity index (χ4n) is 1.25. The number of aliphatic hydroxyl groups excluding tert-OH is 1. The average Bonchev–Trinajstić information content (AvgIpc) is 2.16. The van der Waals surface area contributed by atoms with Crippen molar-refractivity contribution in [2.24, 2.45) is 0 Å². The summed E-state index contributed by atoms with van der Waals surface area (Å²) in [5, 5.41) is 8.65. The van der Waals surface area contributed by atoms with E-state index in [4.69, 9.17) is 5.11 Å². The molecule has 1 rings (SSSR count). The zero-order valence-corrected chi connectivity index (χ0v) is 8.14. The van der Waals surface area contributed by atoms with Crippen molar-refractivity contribution in [2.75, 3.05) is 13.7 Å². The summed E-state index contributed by atoms with van der Waals surface area (Å²) in [7, 11) is 1.19. The van der Waals surface area contributed by atoms with E-state index in [1.807, 2.05) is 0 Å². The number of rotatable bonds is 3. The lowest BCUT2D eigenvalue weighted by molar-refractivity contribution is -0.138. The van der Waals surface area contributed by atoms with E-state index in [0.29, 0.717) is 12.0 Å². The van der Waals surface area contributed by atoms with Crippen LogP contribution < -0.4 is 4.74 Å². The van der Waals surface area contributed by atoms with Crippen molar-refractivity contribution in [1.82, 2.24) is 0 Å². The molecule has 0 radical (unpaired) electrons. The molecule has 1 N–H and O–H groups in total. The van der Waals surface area contributed by atoms with Crippen LogP contribution in [0.15, 0.2) is 18.2 Å². The second kappa shape index (κ2) is 4.53. The molecule has 0 bridgehead atoms. The fraction of sp³-hybridized carbons (Fsp3) is 0.400. The third-order valence-electron chi connectivity index (χ3n) is 1.97. The topological polar surface area (TPSA) is 29.5 Å². The molecule has 0 aromatic heterocycles. The van der Waals surface area contributed by atoms with Crippen molar-refractivity contribution in [1.29, 1.82) is 0 Å². The Hall–Kier alpha value is -1.23. The zero-order chi connectivity index (χ0) is 11.5. The van der Waals surface area contributed by atoms with Gasteiger partial charge in [0.1, 0.15) is 5.75 Å². The van der Waals surface area contributed by atoms with Gasteiger partial charge in [0.05, 0.1) is 12.7 Å². The fourth-order valence-corrected chi connectivity index (χ4v) is 1.25. The number of benzene rings is 1. The number of alkyl halides is 3. The van der Waals surface area contributed by atoms with E-state index < -0.39 is 11.7 Å². The summed E-state index contributed by atoms with van der Waals surface area (Å²) in [4.78, 5) is 0. The molecule has 1 aromatic carbocycles. The summed E-state index contributed by atoms with van der Waals surface area (Å²) in [6, 6.07) is 3.59. The van der Waals surface area contributed by atoms with Gasteiger partial charge in [-0.3, -0.25) is 0 Å². The molecule has 0 aliphatic rings. The molecule has 15 heavy (non-hydrogen) atoms. The van der Waals surface area contributed by atoms with E-state index in [1.54, 1.807) is 0 Å². The zero-order valence-electron chi connectivity index (χ0n) is 8.14. The first-order valence-electron chi connectivity index (χ1n) is 4.34. The molecule has 84 valence electrons. The molecule has 0 heterocycles. The summed E-state index contributed by atoms with van der Waals surface area (Å²) in [6.07, 6.45) is -4.10. The average molecular weight is 220 g/mol. The summed E-state index contributed by atoms with van der Waals surface area (Å²) in [6.45, 7) is -0.103. The van der Waals surface area contributed by atoms with Crippen LogP contribution in [0.1, 0.15) is 11.1 Å². The number of hydrogen-bond acceptors (Lipinski definition) is 2. The number of ether oxygens (including phenoxy) is 1. The highest BCUT2D eigenvalue weighted by atomic mass is 19.4. The third-order valence-corrected chi connectivity index (χ3v) is 1.97. The Kier molecular flexibility index (Phi) is 3.57. The molecule has 2 nitrogen and oxygen atoms in total. The van der Waals surface area contributed by atoms with Crippen molar-refractivity contribution in [3.8, 4) is 5.75 Å². The van der Waals surface area contributed by atoms with Gasteiger partial charge >= 0.3 is 6.18 Å². The minimum absolute atomic E-state index is 0.103. The Balaban J connectivity index is 3.09. The Morgan fingerprint density at radius 3 is 2.47 bits per heavy atom. The molecule has 0 unspecified atom stereocenters. The van der Waals surface area contributed by atoms with Crippen molar-refractivity contribution in [3.05, 3.63) is 29.3 Å². The van der Waals surface area contributed by atoms with E-state index in [0.717, 1.165) is 6.07 Å². The maximum Gasteiger partial charge on any atom is 0.419 e. The SMILES string of the molecule is COc1cc(CCO)ccc1C(F)(F)F. The molecule has 0 spiro atoms. The second-order valence-electron chi connectivity index (χ2n) is 3.01. The maximum absolute atomic E-state index is 12.4. The summed E-state index contributed by atoms with van der Waals surface area (Å²) in [5.74, 6) is -0.214. The highest BCUT2D eigenvalue weighted by Crippen LogP contribution is 2.36. The van der Waals surface area contributed by atoms with Gasteiger partial charge in [0.2, 0.25) is 0 Å². The number of hydrogen-bond donors (Lipinski definition) is 1. The molecule has 0 saturated carbocycles. The molecule has 0 aliphatic carbocycles. The second-order valence-corrected chi connectivity index (χ2v) is 3.01. The summed E-state index contributed by atoms with van der Waals surface area (Å²) in [5.41, 5.74) is -0.186. The molecule has 0 aliphatic heterocycles. The van der Waals surface area contributed by atoms with Gasteiger partial charge in [-0.15, -0.1) is 0 Å². The van der Waals surface area contributed by atoms with Crippen LogP contribution in [-0.2, 0) is 12.6 Å². The molecule has 0 atom stereocenters. The van der Waals surface area contributed by atoms with E-state index in [9.17, 15) is 13.2 Å². The van der Waals surface area contributed by atoms with Crippen LogP contribution >= 0.6 is 0 Å². The first-order valence-corrected chi connectivity index (χ1v) is 4.34.